The Kier molecular flexibility index (Phi) is 2.78. The lowest BCUT2D eigenvalue weighted by molar-refractivity contribution is -0.143. The average molecular weight is 271 g/mol. The molecule has 1 heterocycles. The van der Waals surface area contributed by atoms with E-state index in [0.29, 0.717) is 10.1 Å². The van der Waals surface area contributed by atoms with Crippen molar-refractivity contribution >= 4 is 33.3 Å². The van der Waals surface area contributed by atoms with Crippen LogP contribution in [0.3, 0.4) is 0 Å². The number of carboxylic acid groups (broad SMARTS) is 1. The summed E-state index contributed by atoms with van der Waals surface area (Å²) in [5.41, 5.74) is 4.08. The minimum Gasteiger partial charge on any atom is -0.477 e. The van der Waals surface area contributed by atoms with Gasteiger partial charge in [-0.25, -0.2) is 4.79 Å². The molecule has 0 spiro atoms. The first-order valence-electron chi connectivity index (χ1n) is 4.77. The Labute approximate surface area is 104 Å². The molecule has 0 bridgehead atoms. The van der Waals surface area contributed by atoms with Crippen LogP contribution in [0.2, 0.25) is 0 Å². The predicted molar refractivity (Wildman–Crippen MR) is 61.9 cm³/mol. The smallest absolute Gasteiger partial charge is 0.349 e. The summed E-state index contributed by atoms with van der Waals surface area (Å²) in [5, 5.41) is 9.32. The van der Waals surface area contributed by atoms with Crippen molar-refractivity contribution in [3.8, 4) is 0 Å². The summed E-state index contributed by atoms with van der Waals surface area (Å²) in [5.74, 6) is -6.63. The molecule has 0 aliphatic carbocycles. The highest BCUT2D eigenvalue weighted by atomic mass is 32.1. The molecule has 0 saturated heterocycles. The van der Waals surface area contributed by atoms with Crippen LogP contribution in [0.15, 0.2) is 24.3 Å². The Morgan fingerprint density at radius 1 is 1.28 bits per heavy atom. The largest absolute Gasteiger partial charge is 0.477 e. The van der Waals surface area contributed by atoms with Crippen LogP contribution < -0.4 is 5.73 Å². The van der Waals surface area contributed by atoms with Gasteiger partial charge in [-0.2, -0.15) is 8.78 Å². The molecule has 3 N–H and O–H groups in total. The molecular weight excluding hydrogens is 264 g/mol. The van der Waals surface area contributed by atoms with Crippen LogP contribution in [-0.2, 0) is 10.7 Å². The molecule has 0 aliphatic heterocycles. The third kappa shape index (κ3) is 1.92. The molecule has 0 atom stereocenters. The average Bonchev–Trinajstić information content (AvgIpc) is 2.71. The minimum atomic E-state index is -3.76. The van der Waals surface area contributed by atoms with Crippen LogP contribution in [0.25, 0.3) is 10.1 Å². The van der Waals surface area contributed by atoms with E-state index in [4.69, 9.17) is 5.11 Å². The fourth-order valence-electron chi connectivity index (χ4n) is 1.47. The van der Waals surface area contributed by atoms with Gasteiger partial charge in [0.1, 0.15) is 4.88 Å². The van der Waals surface area contributed by atoms with Crippen LogP contribution >= 0.6 is 11.3 Å². The molecule has 0 saturated carbocycles. The first-order valence-corrected chi connectivity index (χ1v) is 5.59. The maximum Gasteiger partial charge on any atom is 0.349 e. The number of aromatic carboxylic acids is 1. The lowest BCUT2D eigenvalue weighted by Gasteiger charge is -2.12. The summed E-state index contributed by atoms with van der Waals surface area (Å²) in [6.45, 7) is 0. The highest BCUT2D eigenvalue weighted by Crippen LogP contribution is 2.33. The molecular formula is C11H7F2NO3S. The van der Waals surface area contributed by atoms with Gasteiger partial charge in [-0.05, 0) is 17.5 Å². The number of amides is 1. The summed E-state index contributed by atoms with van der Waals surface area (Å²) in [6.07, 6.45) is 0. The van der Waals surface area contributed by atoms with Crippen LogP contribution in [0, 0.1) is 0 Å². The van der Waals surface area contributed by atoms with Crippen molar-refractivity contribution < 1.29 is 23.5 Å². The topological polar surface area (TPSA) is 80.4 Å². The second-order valence-electron chi connectivity index (χ2n) is 3.61. The zero-order chi connectivity index (χ0) is 13.5. The summed E-state index contributed by atoms with van der Waals surface area (Å²) in [7, 11) is 0. The first kappa shape index (κ1) is 12.4. The van der Waals surface area contributed by atoms with Gasteiger partial charge in [0.15, 0.2) is 0 Å². The molecule has 1 aromatic heterocycles. The number of carboxylic acids is 1. The van der Waals surface area contributed by atoms with Crippen molar-refractivity contribution in [2.75, 3.05) is 0 Å². The number of hydrogen-bond acceptors (Lipinski definition) is 3. The molecule has 0 fully saturated rings. The molecule has 2 aromatic rings. The van der Waals surface area contributed by atoms with Crippen LogP contribution in [0.5, 0.6) is 0 Å². The fourth-order valence-corrected chi connectivity index (χ4v) is 2.41. The molecule has 0 radical (unpaired) electrons. The quantitative estimate of drug-likeness (QED) is 0.897. The lowest BCUT2D eigenvalue weighted by atomic mass is 10.1. The molecule has 18 heavy (non-hydrogen) atoms. The van der Waals surface area contributed by atoms with Crippen molar-refractivity contribution in [3.63, 3.8) is 0 Å². The maximum atomic E-state index is 13.4. The molecule has 7 heteroatoms. The van der Waals surface area contributed by atoms with Crippen molar-refractivity contribution in [1.29, 1.82) is 0 Å². The molecule has 4 nitrogen and oxygen atoms in total. The summed E-state index contributed by atoms with van der Waals surface area (Å²) in [4.78, 5) is 21.4. The van der Waals surface area contributed by atoms with Gasteiger partial charge in [-0.1, -0.05) is 12.1 Å². The van der Waals surface area contributed by atoms with Crippen molar-refractivity contribution in [2.45, 2.75) is 5.92 Å². The molecule has 0 unspecified atom stereocenters. The van der Waals surface area contributed by atoms with E-state index >= 15 is 0 Å². The summed E-state index contributed by atoms with van der Waals surface area (Å²) in [6, 6.07) is 4.86. The number of thiophene rings is 1. The van der Waals surface area contributed by atoms with Gasteiger partial charge in [0, 0.05) is 10.3 Å². The Morgan fingerprint density at radius 2 is 1.94 bits per heavy atom. The number of carbonyl (C=O) groups is 2. The molecule has 0 aliphatic rings. The number of nitrogens with two attached hydrogens (primary N) is 1. The number of carbonyl (C=O) groups excluding carboxylic acids is 1. The number of benzene rings is 1. The Hall–Kier alpha value is -2.02. The van der Waals surface area contributed by atoms with E-state index in [1.54, 1.807) is 0 Å². The monoisotopic (exact) mass is 271 g/mol. The molecule has 1 amide bonds. The lowest BCUT2D eigenvalue weighted by Crippen LogP contribution is -2.32. The van der Waals surface area contributed by atoms with Crippen molar-refractivity contribution in [2.24, 2.45) is 5.73 Å². The number of primary amides is 1. The van der Waals surface area contributed by atoms with E-state index in [-0.39, 0.29) is 4.88 Å². The van der Waals surface area contributed by atoms with Crippen molar-refractivity contribution in [3.05, 3.63) is 34.7 Å². The van der Waals surface area contributed by atoms with E-state index in [2.05, 4.69) is 5.73 Å². The SMILES string of the molecule is NC(=O)C(F)(F)c1ccc2cc(C(=O)O)sc2c1. The highest BCUT2D eigenvalue weighted by Gasteiger charge is 2.38. The van der Waals surface area contributed by atoms with Crippen molar-refractivity contribution in [1.82, 2.24) is 0 Å². The number of fused-ring (bicyclic) bond motifs is 1. The number of rotatable bonds is 3. The summed E-state index contributed by atoms with van der Waals surface area (Å²) >= 11 is 0.862. The zero-order valence-electron chi connectivity index (χ0n) is 8.81. The minimum absolute atomic E-state index is 0.0459. The van der Waals surface area contributed by atoms with Crippen LogP contribution in [0.1, 0.15) is 15.2 Å². The molecule has 94 valence electrons. The third-order valence-corrected chi connectivity index (χ3v) is 3.49. The third-order valence-electron chi connectivity index (χ3n) is 2.40. The van der Waals surface area contributed by atoms with E-state index in [1.165, 1.54) is 12.1 Å². The van der Waals surface area contributed by atoms with Gasteiger partial charge in [-0.15, -0.1) is 11.3 Å². The van der Waals surface area contributed by atoms with Gasteiger partial charge in [0.25, 0.3) is 5.91 Å². The van der Waals surface area contributed by atoms with Gasteiger partial charge in [-0.3, -0.25) is 4.79 Å². The first-order chi connectivity index (χ1) is 8.32. The van der Waals surface area contributed by atoms with E-state index < -0.39 is 23.4 Å². The van der Waals surface area contributed by atoms with Crippen LogP contribution in [-0.4, -0.2) is 17.0 Å². The van der Waals surface area contributed by atoms with Gasteiger partial charge < -0.3 is 10.8 Å². The second-order valence-corrected chi connectivity index (χ2v) is 4.69. The maximum absolute atomic E-state index is 13.4. The standard InChI is InChI=1S/C11H7F2NO3S/c12-11(13,10(14)17)6-2-1-5-3-8(9(15)16)18-7(5)4-6/h1-4H,(H2,14,17)(H,15,16). The van der Waals surface area contributed by atoms with Gasteiger partial charge >= 0.3 is 11.9 Å². The van der Waals surface area contributed by atoms with Gasteiger partial charge in [0.2, 0.25) is 0 Å². The predicted octanol–water partition coefficient (Wildman–Crippen LogP) is 2.18. The zero-order valence-corrected chi connectivity index (χ0v) is 9.63. The fraction of sp³-hybridized carbons (Fsp3) is 0.0909. The Bertz CT molecular complexity index is 651. The second kappa shape index (κ2) is 4.02. The highest BCUT2D eigenvalue weighted by molar-refractivity contribution is 7.20. The number of halogens is 2. The molecule has 1 aromatic carbocycles. The molecule has 2 rings (SSSR count). The Balaban J connectivity index is 2.57. The van der Waals surface area contributed by atoms with Gasteiger partial charge in [0.05, 0.1) is 0 Å². The summed E-state index contributed by atoms with van der Waals surface area (Å²) < 4.78 is 27.1. The van der Waals surface area contributed by atoms with E-state index in [9.17, 15) is 18.4 Å². The normalized spacial score (nSPS) is 11.7. The number of alkyl halides is 2. The van der Waals surface area contributed by atoms with Crippen LogP contribution in [0.4, 0.5) is 8.78 Å². The number of hydrogen-bond donors (Lipinski definition) is 2. The van der Waals surface area contributed by atoms with E-state index in [0.717, 1.165) is 23.5 Å². The van der Waals surface area contributed by atoms with E-state index in [1.807, 2.05) is 0 Å². The Morgan fingerprint density at radius 3 is 2.50 bits per heavy atom.